The van der Waals surface area contributed by atoms with Crippen LogP contribution in [-0.2, 0) is 4.57 Å². The third-order valence-corrected chi connectivity index (χ3v) is 0. The van der Waals surface area contributed by atoms with Gasteiger partial charge in [0.2, 0.25) is 0 Å². The number of rotatable bonds is 0. The second-order valence-electron chi connectivity index (χ2n) is 0.447. The van der Waals surface area contributed by atoms with Gasteiger partial charge in [-0.05, 0) is 0 Å². The maximum Gasteiger partial charge on any atom is 3.00 e. The van der Waals surface area contributed by atoms with E-state index in [1.807, 2.05) is 0 Å². The van der Waals surface area contributed by atoms with Gasteiger partial charge in [-0.3, -0.25) is 0 Å². The first-order valence-electron chi connectivity index (χ1n) is 0.730. The van der Waals surface area contributed by atoms with Crippen LogP contribution in [0, 0.1) is 41.7 Å². The Balaban J connectivity index is -0.0000000800. The van der Waals surface area contributed by atoms with E-state index in [-0.39, 0.29) is 71.3 Å². The van der Waals surface area contributed by atoms with E-state index in [9.17, 15) is 0 Å². The SMILES string of the molecule is O=P([O-])([O-])[O-].[Ce+3].[Na+]. The summed E-state index contributed by atoms with van der Waals surface area (Å²) in [6, 6.07) is 0. The smallest absolute Gasteiger partial charge is 0.822 e. The third kappa shape index (κ3) is 57.8. The van der Waals surface area contributed by atoms with Crippen LogP contribution >= 0.6 is 7.82 Å². The van der Waals surface area contributed by atoms with Gasteiger partial charge in [-0.1, -0.05) is 0 Å². The molecule has 0 rings (SSSR count). The molecule has 7 heteroatoms. The molecule has 0 saturated heterocycles. The van der Waals surface area contributed by atoms with Crippen LogP contribution in [-0.4, -0.2) is 0 Å². The average molecular weight is 258 g/mol. The van der Waals surface area contributed by atoms with Gasteiger partial charge in [0.25, 0.3) is 0 Å². The first-order valence-corrected chi connectivity index (χ1v) is 2.19. The van der Waals surface area contributed by atoms with E-state index in [4.69, 9.17) is 19.2 Å². The predicted octanol–water partition coefficient (Wildman–Crippen LogP) is -5.82. The largest absolute Gasteiger partial charge is 3.00 e. The summed E-state index contributed by atoms with van der Waals surface area (Å²) < 4.78 is 8.55. The van der Waals surface area contributed by atoms with Crippen molar-refractivity contribution in [1.82, 2.24) is 0 Å². The Morgan fingerprint density at radius 2 is 1.14 bits per heavy atom. The summed E-state index contributed by atoms with van der Waals surface area (Å²) in [6.07, 6.45) is 0. The minimum atomic E-state index is -5.39. The third-order valence-electron chi connectivity index (χ3n) is 0. The molecule has 0 aliphatic carbocycles. The molecule has 7 heavy (non-hydrogen) atoms. The molecule has 0 aromatic rings. The van der Waals surface area contributed by atoms with Crippen LogP contribution < -0.4 is 44.2 Å². The Morgan fingerprint density at radius 1 is 1.14 bits per heavy atom. The van der Waals surface area contributed by atoms with Gasteiger partial charge >= 0.3 is 71.3 Å². The molecule has 0 fully saturated rings. The van der Waals surface area contributed by atoms with Crippen molar-refractivity contribution in [2.75, 3.05) is 0 Å². The van der Waals surface area contributed by atoms with Gasteiger partial charge < -0.3 is 19.2 Å². The molecule has 0 heterocycles. The van der Waals surface area contributed by atoms with Gasteiger partial charge in [-0.15, -0.1) is 0 Å². The molecule has 4 nitrogen and oxygen atoms in total. The molecule has 0 bridgehead atoms. The normalized spacial score (nSPS) is 8.43. The van der Waals surface area contributed by atoms with E-state index < -0.39 is 7.82 Å². The predicted molar refractivity (Wildman–Crippen MR) is 7.61 cm³/mol. The van der Waals surface area contributed by atoms with Gasteiger partial charge in [0, 0.05) is 0 Å². The number of phosphoric acid groups is 1. The van der Waals surface area contributed by atoms with Crippen molar-refractivity contribution in [2.45, 2.75) is 0 Å². The van der Waals surface area contributed by atoms with Crippen LogP contribution in [0.3, 0.4) is 0 Å². The minimum Gasteiger partial charge on any atom is -0.822 e. The Bertz CT molecular complexity index is 57.8. The molecule has 1 radical (unpaired) electrons. The molecule has 0 N–H and O–H groups in total. The molecule has 0 aliphatic heterocycles. The quantitative estimate of drug-likeness (QED) is 0.320. The topological polar surface area (TPSA) is 86.2 Å². The molecular formula is CeNaO4P+. The molecule has 0 amide bonds. The van der Waals surface area contributed by atoms with Crippen molar-refractivity contribution < 1.29 is 90.5 Å². The molecular weight excluding hydrogens is 258 g/mol. The van der Waals surface area contributed by atoms with Crippen LogP contribution in [0.2, 0.25) is 0 Å². The van der Waals surface area contributed by atoms with Crippen molar-refractivity contribution in [3.8, 4) is 0 Å². The van der Waals surface area contributed by atoms with Crippen molar-refractivity contribution in [3.63, 3.8) is 0 Å². The van der Waals surface area contributed by atoms with Crippen molar-refractivity contribution >= 4 is 7.82 Å². The summed E-state index contributed by atoms with van der Waals surface area (Å²) in [5, 5.41) is 0. The number of hydrogen-bond donors (Lipinski definition) is 0. The van der Waals surface area contributed by atoms with Crippen LogP contribution in [0.5, 0.6) is 0 Å². The summed E-state index contributed by atoms with van der Waals surface area (Å²) >= 11 is 0. The Kier molecular flexibility index (Phi) is 15.3. The molecule has 0 atom stereocenters. The molecule has 0 saturated carbocycles. The zero-order valence-electron chi connectivity index (χ0n) is 3.58. The fourth-order valence-corrected chi connectivity index (χ4v) is 0. The first kappa shape index (κ1) is 16.2. The Morgan fingerprint density at radius 3 is 1.14 bits per heavy atom. The van der Waals surface area contributed by atoms with Gasteiger partial charge in [-0.2, -0.15) is 7.82 Å². The maximum absolute atomic E-state index is 8.55. The van der Waals surface area contributed by atoms with Crippen molar-refractivity contribution in [3.05, 3.63) is 0 Å². The van der Waals surface area contributed by atoms with E-state index >= 15 is 0 Å². The van der Waals surface area contributed by atoms with Gasteiger partial charge in [0.05, 0.1) is 0 Å². The maximum atomic E-state index is 8.55. The van der Waals surface area contributed by atoms with Gasteiger partial charge in [0.1, 0.15) is 0 Å². The Labute approximate surface area is 96.6 Å². The van der Waals surface area contributed by atoms with Crippen molar-refractivity contribution in [2.24, 2.45) is 0 Å². The van der Waals surface area contributed by atoms with E-state index in [1.54, 1.807) is 0 Å². The van der Waals surface area contributed by atoms with Gasteiger partial charge in [0.15, 0.2) is 0 Å². The van der Waals surface area contributed by atoms with Gasteiger partial charge in [-0.25, -0.2) is 0 Å². The zero-order valence-corrected chi connectivity index (χ0v) is 9.61. The summed E-state index contributed by atoms with van der Waals surface area (Å²) in [7, 11) is -5.39. The van der Waals surface area contributed by atoms with E-state index in [0.717, 1.165) is 0 Å². The van der Waals surface area contributed by atoms with E-state index in [1.165, 1.54) is 0 Å². The summed E-state index contributed by atoms with van der Waals surface area (Å²) in [4.78, 5) is 25.6. The fraction of sp³-hybridized carbons (Fsp3) is 0. The minimum absolute atomic E-state index is 0. The Hall–Kier alpha value is 2.49. The fourth-order valence-electron chi connectivity index (χ4n) is 0. The first-order chi connectivity index (χ1) is 2.00. The van der Waals surface area contributed by atoms with E-state index in [2.05, 4.69) is 0 Å². The molecule has 0 aliphatic rings. The average Bonchev–Trinajstić information content (AvgIpc) is 0.722. The summed E-state index contributed by atoms with van der Waals surface area (Å²) in [5.41, 5.74) is 0. The summed E-state index contributed by atoms with van der Waals surface area (Å²) in [5.74, 6) is 0. The molecule has 33 valence electrons. The molecule has 0 aromatic heterocycles. The molecule has 0 spiro atoms. The number of hydrogen-bond acceptors (Lipinski definition) is 4. The molecule has 0 aromatic carbocycles. The van der Waals surface area contributed by atoms with Crippen LogP contribution in [0.25, 0.3) is 0 Å². The standard InChI is InChI=1S/Ce.Na.H3O4P/c;;1-5(2,3)4/h;;(H3,1,2,3,4)/q+3;+1;/p-3. The zero-order chi connectivity index (χ0) is 4.50. The summed E-state index contributed by atoms with van der Waals surface area (Å²) in [6.45, 7) is 0. The van der Waals surface area contributed by atoms with Crippen LogP contribution in [0.4, 0.5) is 0 Å². The van der Waals surface area contributed by atoms with Crippen LogP contribution in [0.1, 0.15) is 0 Å². The second kappa shape index (κ2) is 6.60. The molecule has 0 unspecified atom stereocenters. The monoisotopic (exact) mass is 258 g/mol. The van der Waals surface area contributed by atoms with E-state index in [0.29, 0.717) is 0 Å². The van der Waals surface area contributed by atoms with Crippen LogP contribution in [0.15, 0.2) is 0 Å². The second-order valence-corrected chi connectivity index (χ2v) is 1.34. The van der Waals surface area contributed by atoms with Crippen molar-refractivity contribution in [1.29, 1.82) is 0 Å².